The predicted octanol–water partition coefficient (Wildman–Crippen LogP) is 9.57. The Labute approximate surface area is 203 Å². The number of ether oxygens (including phenoxy) is 1. The van der Waals surface area contributed by atoms with E-state index in [4.69, 9.17) is 0 Å². The Kier molecular flexibility index (Phi) is 8.06. The molecular formula is C30H28F4O. The molecule has 0 aromatic heterocycles. The van der Waals surface area contributed by atoms with Crippen molar-refractivity contribution in [3.63, 3.8) is 0 Å². The minimum absolute atomic E-state index is 0.244. The monoisotopic (exact) mass is 480 g/mol. The van der Waals surface area contributed by atoms with Crippen molar-refractivity contribution >= 4 is 10.8 Å². The summed E-state index contributed by atoms with van der Waals surface area (Å²) < 4.78 is 56.8. The molecule has 4 aromatic rings. The molecular weight excluding hydrogens is 452 g/mol. The molecule has 0 unspecified atom stereocenters. The van der Waals surface area contributed by atoms with Crippen molar-refractivity contribution in [1.29, 1.82) is 0 Å². The predicted molar refractivity (Wildman–Crippen MR) is 134 cm³/mol. The van der Waals surface area contributed by atoms with Crippen LogP contribution in [0.5, 0.6) is 5.75 Å². The lowest BCUT2D eigenvalue weighted by Crippen LogP contribution is -2.06. The molecule has 0 bridgehead atoms. The second-order valence-corrected chi connectivity index (χ2v) is 8.79. The van der Waals surface area contributed by atoms with Gasteiger partial charge in [-0.3, -0.25) is 0 Å². The number of aryl methyl sites for hydroxylation is 1. The van der Waals surface area contributed by atoms with Crippen molar-refractivity contribution in [2.45, 2.75) is 52.1 Å². The Morgan fingerprint density at radius 2 is 1.20 bits per heavy atom. The zero-order valence-corrected chi connectivity index (χ0v) is 19.7. The quantitative estimate of drug-likeness (QED) is 0.162. The zero-order chi connectivity index (χ0) is 24.8. The first-order chi connectivity index (χ1) is 16.9. The van der Waals surface area contributed by atoms with Crippen molar-refractivity contribution in [2.75, 3.05) is 0 Å². The summed E-state index contributed by atoms with van der Waals surface area (Å²) in [6.45, 7) is -1.07. The van der Waals surface area contributed by atoms with E-state index in [9.17, 15) is 17.6 Å². The van der Waals surface area contributed by atoms with Crippen molar-refractivity contribution < 1.29 is 22.3 Å². The van der Waals surface area contributed by atoms with E-state index in [0.717, 1.165) is 35.1 Å². The number of alkyl halides is 2. The van der Waals surface area contributed by atoms with E-state index in [-0.39, 0.29) is 5.56 Å². The normalized spacial score (nSPS) is 11.4. The lowest BCUT2D eigenvalue weighted by molar-refractivity contribution is -0.0546. The molecule has 0 aliphatic rings. The van der Waals surface area contributed by atoms with Gasteiger partial charge in [0.1, 0.15) is 0 Å². The molecule has 182 valence electrons. The van der Waals surface area contributed by atoms with Crippen LogP contribution in [0.25, 0.3) is 33.0 Å². The Hall–Kier alpha value is -3.34. The van der Waals surface area contributed by atoms with Crippen LogP contribution in [0, 0.1) is 11.6 Å². The van der Waals surface area contributed by atoms with Gasteiger partial charge in [0.15, 0.2) is 17.4 Å². The molecule has 0 amide bonds. The summed E-state index contributed by atoms with van der Waals surface area (Å²) in [7, 11) is 0. The molecule has 1 nitrogen and oxygen atoms in total. The lowest BCUT2D eigenvalue weighted by atomic mass is 9.96. The number of benzene rings is 4. The van der Waals surface area contributed by atoms with Crippen LogP contribution in [0.3, 0.4) is 0 Å². The van der Waals surface area contributed by atoms with Gasteiger partial charge in [-0.15, -0.1) is 0 Å². The lowest BCUT2D eigenvalue weighted by Gasteiger charge is -2.10. The highest BCUT2D eigenvalue weighted by molar-refractivity contribution is 5.88. The fourth-order valence-electron chi connectivity index (χ4n) is 4.35. The molecule has 0 saturated carbocycles. The van der Waals surface area contributed by atoms with Crippen LogP contribution in [0.15, 0.2) is 72.8 Å². The number of rotatable bonds is 10. The van der Waals surface area contributed by atoms with Crippen LogP contribution in [0.4, 0.5) is 17.6 Å². The van der Waals surface area contributed by atoms with Gasteiger partial charge in [0.2, 0.25) is 0 Å². The number of halogens is 4. The maximum atomic E-state index is 14.1. The summed E-state index contributed by atoms with van der Waals surface area (Å²) in [5.74, 6) is -3.41. The standard InChI is InChI=1S/C30H28F4O/c1-2-3-4-5-6-7-20-8-9-25-17-24(15-14-23(25)16-20)21-10-12-22(13-11-21)26-18-27(31)29(28(32)19-26)35-30(33)34/h8-19,30H,2-7H2,1H3. The van der Waals surface area contributed by atoms with Gasteiger partial charge in [-0.2, -0.15) is 8.78 Å². The van der Waals surface area contributed by atoms with Crippen LogP contribution < -0.4 is 4.74 Å². The van der Waals surface area contributed by atoms with Crippen LogP contribution in [0.2, 0.25) is 0 Å². The van der Waals surface area contributed by atoms with Crippen LogP contribution in [0.1, 0.15) is 44.6 Å². The average molecular weight is 481 g/mol. The van der Waals surface area contributed by atoms with Gasteiger partial charge >= 0.3 is 6.61 Å². The van der Waals surface area contributed by atoms with E-state index in [2.05, 4.69) is 48.1 Å². The van der Waals surface area contributed by atoms with Crippen molar-refractivity contribution in [3.05, 3.63) is 90.0 Å². The van der Waals surface area contributed by atoms with E-state index in [0.29, 0.717) is 5.56 Å². The summed E-state index contributed by atoms with van der Waals surface area (Å²) >= 11 is 0. The Morgan fingerprint density at radius 3 is 1.86 bits per heavy atom. The smallest absolute Gasteiger partial charge is 0.387 e. The van der Waals surface area contributed by atoms with E-state index in [1.807, 2.05) is 12.1 Å². The van der Waals surface area contributed by atoms with E-state index in [1.165, 1.54) is 43.1 Å². The molecule has 0 N–H and O–H groups in total. The van der Waals surface area contributed by atoms with Gasteiger partial charge in [-0.1, -0.05) is 87.2 Å². The number of hydrogen-bond acceptors (Lipinski definition) is 1. The number of hydrogen-bond donors (Lipinski definition) is 0. The van der Waals surface area contributed by atoms with Crippen molar-refractivity contribution in [1.82, 2.24) is 0 Å². The van der Waals surface area contributed by atoms with E-state index in [1.54, 1.807) is 12.1 Å². The van der Waals surface area contributed by atoms with Crippen LogP contribution >= 0.6 is 0 Å². The van der Waals surface area contributed by atoms with Crippen LogP contribution in [-0.2, 0) is 6.42 Å². The SMILES string of the molecule is CCCCCCCc1ccc2cc(-c3ccc(-c4cc(F)c(OC(F)F)c(F)c4)cc3)ccc2c1. The number of fused-ring (bicyclic) bond motifs is 1. The summed E-state index contributed by atoms with van der Waals surface area (Å²) in [4.78, 5) is 0. The summed E-state index contributed by atoms with van der Waals surface area (Å²) in [5, 5.41) is 2.36. The highest BCUT2D eigenvalue weighted by Crippen LogP contribution is 2.32. The van der Waals surface area contributed by atoms with E-state index >= 15 is 0 Å². The van der Waals surface area contributed by atoms with Gasteiger partial charge in [-0.05, 0) is 69.6 Å². The average Bonchev–Trinajstić information content (AvgIpc) is 2.85. The molecule has 0 aliphatic heterocycles. The van der Waals surface area contributed by atoms with E-state index < -0.39 is 24.0 Å². The maximum Gasteiger partial charge on any atom is 0.387 e. The molecule has 0 fully saturated rings. The van der Waals surface area contributed by atoms with Crippen molar-refractivity contribution in [2.24, 2.45) is 0 Å². The highest BCUT2D eigenvalue weighted by atomic mass is 19.3. The molecule has 0 atom stereocenters. The van der Waals surface area contributed by atoms with Gasteiger partial charge in [-0.25, -0.2) is 8.78 Å². The summed E-state index contributed by atoms with van der Waals surface area (Å²) in [6, 6.07) is 22.2. The largest absolute Gasteiger partial charge is 0.429 e. The van der Waals surface area contributed by atoms with Crippen LogP contribution in [-0.4, -0.2) is 6.61 Å². The number of unbranched alkanes of at least 4 members (excludes halogenated alkanes) is 4. The zero-order valence-electron chi connectivity index (χ0n) is 19.7. The molecule has 5 heteroatoms. The topological polar surface area (TPSA) is 9.23 Å². The third kappa shape index (κ3) is 6.21. The molecule has 0 aliphatic carbocycles. The van der Waals surface area contributed by atoms with Gasteiger partial charge in [0.25, 0.3) is 0 Å². The maximum absolute atomic E-state index is 14.1. The molecule has 35 heavy (non-hydrogen) atoms. The van der Waals surface area contributed by atoms with Gasteiger partial charge in [0.05, 0.1) is 0 Å². The fourth-order valence-corrected chi connectivity index (χ4v) is 4.35. The first-order valence-electron chi connectivity index (χ1n) is 12.0. The molecule has 0 heterocycles. The molecule has 0 saturated heterocycles. The Balaban J connectivity index is 1.49. The second-order valence-electron chi connectivity index (χ2n) is 8.79. The van der Waals surface area contributed by atoms with Crippen molar-refractivity contribution in [3.8, 4) is 28.0 Å². The third-order valence-electron chi connectivity index (χ3n) is 6.23. The Bertz CT molecular complexity index is 1260. The molecule has 0 radical (unpaired) electrons. The first kappa shape index (κ1) is 24.8. The fraction of sp³-hybridized carbons (Fsp3) is 0.267. The second kappa shape index (κ2) is 11.4. The molecule has 4 rings (SSSR count). The van der Waals surface area contributed by atoms with Gasteiger partial charge < -0.3 is 4.74 Å². The molecule has 0 spiro atoms. The minimum atomic E-state index is -3.30. The Morgan fingerprint density at radius 1 is 0.629 bits per heavy atom. The first-order valence-corrected chi connectivity index (χ1v) is 12.0. The minimum Gasteiger partial charge on any atom is -0.429 e. The van der Waals surface area contributed by atoms with Gasteiger partial charge in [0, 0.05) is 0 Å². The summed E-state index contributed by atoms with van der Waals surface area (Å²) in [5.41, 5.74) is 4.17. The molecule has 4 aromatic carbocycles. The summed E-state index contributed by atoms with van der Waals surface area (Å²) in [6.07, 6.45) is 7.44. The highest BCUT2D eigenvalue weighted by Gasteiger charge is 2.17. The third-order valence-corrected chi connectivity index (χ3v) is 6.23.